The van der Waals surface area contributed by atoms with Crippen molar-refractivity contribution in [1.82, 2.24) is 0 Å². The molecule has 106 valence electrons. The summed E-state index contributed by atoms with van der Waals surface area (Å²) in [5, 5.41) is 18.8. The molecule has 7 nitrogen and oxygen atoms in total. The third-order valence-electron chi connectivity index (χ3n) is 3.44. The van der Waals surface area contributed by atoms with E-state index < -0.39 is 20.6 Å². The summed E-state index contributed by atoms with van der Waals surface area (Å²) in [4.78, 5) is 8.63. The molecule has 3 N–H and O–H groups in total. The molecule has 1 fully saturated rings. The fourth-order valence-corrected chi connectivity index (χ4v) is 2.66. The first kappa shape index (κ1) is 15.9. The lowest BCUT2D eigenvalue weighted by atomic mass is 9.77. The second kappa shape index (κ2) is 7.45. The fourth-order valence-electron chi connectivity index (χ4n) is 2.39. The minimum absolute atomic E-state index is 0.0868. The van der Waals surface area contributed by atoms with E-state index in [2.05, 4.69) is 4.52 Å². The van der Waals surface area contributed by atoms with Crippen molar-refractivity contribution in [2.45, 2.75) is 19.3 Å². The molecule has 0 spiro atoms. The van der Waals surface area contributed by atoms with Crippen LogP contribution in [0.3, 0.4) is 0 Å². The van der Waals surface area contributed by atoms with Gasteiger partial charge in [-0.3, -0.25) is 0 Å². The van der Waals surface area contributed by atoms with Gasteiger partial charge in [0, 0.05) is 36.7 Å². The van der Waals surface area contributed by atoms with Crippen LogP contribution in [0.1, 0.15) is 6.92 Å². The molecule has 1 rings (SSSR count). The highest BCUT2D eigenvalue weighted by atomic mass is 31.1. The Balaban J connectivity index is 2.76. The van der Waals surface area contributed by atoms with Gasteiger partial charge in [-0.2, -0.15) is 0 Å². The molecule has 0 amide bonds. The van der Waals surface area contributed by atoms with Crippen molar-refractivity contribution in [3.8, 4) is 0 Å². The Kier molecular flexibility index (Phi) is 6.59. The van der Waals surface area contributed by atoms with E-state index in [1.54, 1.807) is 0 Å². The van der Waals surface area contributed by atoms with Crippen LogP contribution in [0.5, 0.6) is 0 Å². The third-order valence-corrected chi connectivity index (χ3v) is 3.81. The first-order valence-electron chi connectivity index (χ1n) is 5.74. The minimum Gasteiger partial charge on any atom is -0.396 e. The summed E-state index contributed by atoms with van der Waals surface area (Å²) in [7, 11) is -1.23. The quantitative estimate of drug-likeness (QED) is 0.583. The van der Waals surface area contributed by atoms with Crippen molar-refractivity contribution in [2.75, 3.05) is 26.9 Å². The summed E-state index contributed by atoms with van der Waals surface area (Å²) in [6.07, 6.45) is -1.12. The molecule has 1 aliphatic heterocycles. The molecular weight excluding hydrogens is 263 g/mol. The molecular formula is C10H20O7P+. The van der Waals surface area contributed by atoms with Gasteiger partial charge in [0.15, 0.2) is 6.29 Å². The van der Waals surface area contributed by atoms with E-state index in [9.17, 15) is 14.8 Å². The van der Waals surface area contributed by atoms with Crippen LogP contribution in [0.2, 0.25) is 0 Å². The maximum Gasteiger partial charge on any atom is 0.694 e. The van der Waals surface area contributed by atoms with Crippen LogP contribution in [0.15, 0.2) is 0 Å². The first-order chi connectivity index (χ1) is 8.54. The molecule has 0 aromatic rings. The molecule has 0 aromatic carbocycles. The Morgan fingerprint density at radius 3 is 2.33 bits per heavy atom. The average molecular weight is 283 g/mol. The van der Waals surface area contributed by atoms with Crippen LogP contribution < -0.4 is 0 Å². The third kappa shape index (κ3) is 3.68. The summed E-state index contributed by atoms with van der Waals surface area (Å²) >= 11 is 0. The van der Waals surface area contributed by atoms with E-state index in [1.807, 2.05) is 6.92 Å². The standard InChI is InChI=1S/C10H19O7P/c1-6-7(3-11)8(4-12)9(5-16-18(13)14)17-10(6)15-2/h6-12H,3-5H2,1-2H3/p+1. The van der Waals surface area contributed by atoms with E-state index in [1.165, 1.54) is 7.11 Å². The summed E-state index contributed by atoms with van der Waals surface area (Å²) in [5.74, 6) is -0.651. The smallest absolute Gasteiger partial charge is 0.396 e. The number of hydrogen-bond acceptors (Lipinski definition) is 6. The highest BCUT2D eigenvalue weighted by Crippen LogP contribution is 2.36. The number of aliphatic hydroxyl groups excluding tert-OH is 2. The Labute approximate surface area is 107 Å². The Morgan fingerprint density at radius 1 is 1.28 bits per heavy atom. The SMILES string of the molecule is COC1OC(CO[P+](=O)O)C(CO)C(CO)C1C. The Bertz CT molecular complexity index is 275. The van der Waals surface area contributed by atoms with Crippen molar-refractivity contribution in [3.05, 3.63) is 0 Å². The van der Waals surface area contributed by atoms with E-state index in [0.29, 0.717) is 0 Å². The van der Waals surface area contributed by atoms with Crippen molar-refractivity contribution >= 4 is 8.25 Å². The lowest BCUT2D eigenvalue weighted by Gasteiger charge is -2.43. The van der Waals surface area contributed by atoms with E-state index >= 15 is 0 Å². The van der Waals surface area contributed by atoms with Crippen molar-refractivity contribution in [3.63, 3.8) is 0 Å². The predicted molar refractivity (Wildman–Crippen MR) is 61.8 cm³/mol. The highest BCUT2D eigenvalue weighted by molar-refractivity contribution is 7.32. The van der Waals surface area contributed by atoms with Gasteiger partial charge in [-0.15, -0.1) is 9.42 Å². The number of rotatable bonds is 6. The number of ether oxygens (including phenoxy) is 2. The molecule has 0 radical (unpaired) electrons. The fraction of sp³-hybridized carbons (Fsp3) is 1.00. The normalized spacial score (nSPS) is 37.6. The predicted octanol–water partition coefficient (Wildman–Crippen LogP) is -0.123. The van der Waals surface area contributed by atoms with Gasteiger partial charge in [0.1, 0.15) is 6.61 Å². The van der Waals surface area contributed by atoms with Crippen molar-refractivity contribution in [2.24, 2.45) is 17.8 Å². The van der Waals surface area contributed by atoms with E-state index in [0.717, 1.165) is 0 Å². The lowest BCUT2D eigenvalue weighted by molar-refractivity contribution is -0.255. The maximum atomic E-state index is 10.5. The van der Waals surface area contributed by atoms with Crippen LogP contribution in [-0.4, -0.2) is 54.4 Å². The van der Waals surface area contributed by atoms with Crippen LogP contribution in [0.25, 0.3) is 0 Å². The largest absolute Gasteiger partial charge is 0.694 e. The van der Waals surface area contributed by atoms with Gasteiger partial charge in [0.05, 0.1) is 6.10 Å². The summed E-state index contributed by atoms with van der Waals surface area (Å²) in [6, 6.07) is 0. The Hall–Kier alpha value is -0.140. The lowest BCUT2D eigenvalue weighted by Crippen LogP contribution is -2.51. The molecule has 6 unspecified atom stereocenters. The van der Waals surface area contributed by atoms with E-state index in [-0.39, 0.29) is 37.6 Å². The highest BCUT2D eigenvalue weighted by Gasteiger charge is 2.44. The molecule has 0 aliphatic carbocycles. The van der Waals surface area contributed by atoms with Crippen molar-refractivity contribution < 1.29 is 33.7 Å². The zero-order valence-corrected chi connectivity index (χ0v) is 11.3. The second-order valence-corrected chi connectivity index (χ2v) is 5.10. The van der Waals surface area contributed by atoms with Gasteiger partial charge < -0.3 is 19.7 Å². The van der Waals surface area contributed by atoms with Gasteiger partial charge in [-0.05, 0) is 5.92 Å². The molecule has 1 saturated heterocycles. The molecule has 6 atom stereocenters. The topological polar surface area (TPSA) is 105 Å². The zero-order chi connectivity index (χ0) is 13.7. The molecule has 18 heavy (non-hydrogen) atoms. The molecule has 0 aromatic heterocycles. The molecule has 1 aliphatic rings. The van der Waals surface area contributed by atoms with Crippen LogP contribution in [0.4, 0.5) is 0 Å². The number of methoxy groups -OCH3 is 1. The Morgan fingerprint density at radius 2 is 1.89 bits per heavy atom. The maximum absolute atomic E-state index is 10.5. The molecule has 1 heterocycles. The molecule has 8 heteroatoms. The molecule has 0 bridgehead atoms. The summed E-state index contributed by atoms with van der Waals surface area (Å²) in [5.41, 5.74) is 0. The second-order valence-electron chi connectivity index (χ2n) is 4.36. The van der Waals surface area contributed by atoms with Gasteiger partial charge in [-0.25, -0.2) is 0 Å². The van der Waals surface area contributed by atoms with Crippen molar-refractivity contribution in [1.29, 1.82) is 0 Å². The average Bonchev–Trinajstić information content (AvgIpc) is 2.36. The zero-order valence-electron chi connectivity index (χ0n) is 10.4. The van der Waals surface area contributed by atoms with Crippen LogP contribution in [-0.2, 0) is 18.6 Å². The minimum atomic E-state index is -2.71. The van der Waals surface area contributed by atoms with Gasteiger partial charge in [0.25, 0.3) is 0 Å². The summed E-state index contributed by atoms with van der Waals surface area (Å²) < 4.78 is 25.9. The number of aliphatic hydroxyl groups is 2. The summed E-state index contributed by atoms with van der Waals surface area (Å²) in [6.45, 7) is 1.43. The van der Waals surface area contributed by atoms with E-state index in [4.69, 9.17) is 14.4 Å². The van der Waals surface area contributed by atoms with Gasteiger partial charge in [0.2, 0.25) is 0 Å². The monoisotopic (exact) mass is 283 g/mol. The molecule has 0 saturated carbocycles. The number of hydrogen-bond donors (Lipinski definition) is 3. The van der Waals surface area contributed by atoms with Gasteiger partial charge in [-0.1, -0.05) is 6.92 Å². The van der Waals surface area contributed by atoms with Crippen LogP contribution in [0, 0.1) is 17.8 Å². The van der Waals surface area contributed by atoms with Crippen LogP contribution >= 0.6 is 8.25 Å². The van der Waals surface area contributed by atoms with Gasteiger partial charge >= 0.3 is 8.25 Å². The first-order valence-corrected chi connectivity index (χ1v) is 6.87.